The maximum atomic E-state index is 9.22. The van der Waals surface area contributed by atoms with E-state index in [1.807, 2.05) is 30.5 Å². The highest BCUT2D eigenvalue weighted by Crippen LogP contribution is 2.01. The first-order chi connectivity index (χ1) is 7.53. The van der Waals surface area contributed by atoms with Crippen LogP contribution in [0.5, 0.6) is 0 Å². The fourth-order valence-corrected chi connectivity index (χ4v) is 0.953. The van der Waals surface area contributed by atoms with Gasteiger partial charge in [-0.25, -0.2) is 18.4 Å². The molecule has 0 saturated carbocycles. The molecule has 2 aromatic rings. The molecule has 2 rings (SSSR count). The van der Waals surface area contributed by atoms with Gasteiger partial charge in [0.2, 0.25) is 15.9 Å². The topological polar surface area (TPSA) is 93.5 Å². The van der Waals surface area contributed by atoms with Gasteiger partial charge in [0.15, 0.2) is 6.20 Å². The van der Waals surface area contributed by atoms with Gasteiger partial charge in [-0.1, -0.05) is 12.1 Å². The lowest BCUT2D eigenvalue weighted by Gasteiger charge is -1.98. The normalized spacial score (nSPS) is 10.6. The van der Waals surface area contributed by atoms with Gasteiger partial charge < -0.3 is 4.55 Å². The number of aromatic amines is 1. The predicted molar refractivity (Wildman–Crippen MR) is 55.0 cm³/mol. The average Bonchev–Trinajstić information content (AvgIpc) is 2.29. The van der Waals surface area contributed by atoms with Crippen molar-refractivity contribution < 1.29 is 22.1 Å². The van der Waals surface area contributed by atoms with Crippen molar-refractivity contribution in [1.29, 1.82) is 0 Å². The van der Waals surface area contributed by atoms with Crippen molar-refractivity contribution in [3.05, 3.63) is 36.7 Å². The molecule has 1 aromatic heterocycles. The number of nitrogens with one attached hydrogen (secondary N) is 1. The molecule has 0 aliphatic carbocycles. The Morgan fingerprint density at radius 2 is 2.00 bits per heavy atom. The monoisotopic (exact) mass is 242 g/mol. The molecule has 0 aliphatic rings. The maximum Gasteiger partial charge on any atom is 0.229 e. The van der Waals surface area contributed by atoms with Gasteiger partial charge in [0.05, 0.1) is 13.3 Å². The van der Waals surface area contributed by atoms with Crippen LogP contribution in [0.3, 0.4) is 0 Å². The summed E-state index contributed by atoms with van der Waals surface area (Å²) in [6.45, 7) is 0. The second-order valence-electron chi connectivity index (χ2n) is 2.68. The Bertz CT molecular complexity index is 491. The van der Waals surface area contributed by atoms with Crippen LogP contribution >= 0.6 is 0 Å². The maximum absolute atomic E-state index is 9.22. The zero-order chi connectivity index (χ0) is 12.0. The van der Waals surface area contributed by atoms with Crippen LogP contribution in [-0.4, -0.2) is 25.1 Å². The molecule has 0 fully saturated rings. The fraction of sp³-hybridized carbons (Fsp3) is 0.111. The van der Waals surface area contributed by atoms with E-state index in [4.69, 9.17) is 0 Å². The molecule has 0 radical (unpaired) electrons. The number of H-pyrrole nitrogens is 1. The number of aromatic nitrogens is 2. The van der Waals surface area contributed by atoms with Crippen molar-refractivity contribution in [2.45, 2.75) is 0 Å². The summed E-state index contributed by atoms with van der Waals surface area (Å²) in [6, 6.07) is 7.94. The summed E-state index contributed by atoms with van der Waals surface area (Å²) in [5.41, 5.74) is 2.08. The second-order valence-corrected chi connectivity index (χ2v) is 3.83. The van der Waals surface area contributed by atoms with Crippen LogP contribution in [0.25, 0.3) is 11.0 Å². The SMILES string of the molecule is COS(=O)(=O)[O-].c1ccc2[nH+]ccnc2c1. The van der Waals surface area contributed by atoms with Gasteiger partial charge in [0.25, 0.3) is 0 Å². The number of fused-ring (bicyclic) bond motifs is 1. The van der Waals surface area contributed by atoms with Gasteiger partial charge in [-0.2, -0.15) is 0 Å². The van der Waals surface area contributed by atoms with Gasteiger partial charge >= 0.3 is 0 Å². The van der Waals surface area contributed by atoms with Gasteiger partial charge in [-0.3, -0.25) is 4.18 Å². The molecule has 16 heavy (non-hydrogen) atoms. The van der Waals surface area contributed by atoms with Crippen molar-refractivity contribution in [3.8, 4) is 0 Å². The lowest BCUT2D eigenvalue weighted by Crippen LogP contribution is -2.01. The van der Waals surface area contributed by atoms with E-state index in [-0.39, 0.29) is 0 Å². The Hall–Kier alpha value is -1.57. The van der Waals surface area contributed by atoms with E-state index in [0.717, 1.165) is 18.1 Å². The zero-order valence-electron chi connectivity index (χ0n) is 8.45. The predicted octanol–water partition coefficient (Wildman–Crippen LogP) is 0.142. The molecular weight excluding hydrogens is 232 g/mol. The molecule has 6 nitrogen and oxygen atoms in total. The van der Waals surface area contributed by atoms with Crippen LogP contribution in [-0.2, 0) is 14.6 Å². The number of hydrogen-bond acceptors (Lipinski definition) is 5. The van der Waals surface area contributed by atoms with Crippen molar-refractivity contribution in [3.63, 3.8) is 0 Å². The van der Waals surface area contributed by atoms with Gasteiger partial charge in [-0.05, 0) is 6.07 Å². The summed E-state index contributed by atoms with van der Waals surface area (Å²) in [5.74, 6) is 0. The minimum absolute atomic E-state index is 0.808. The first kappa shape index (κ1) is 12.5. The molecule has 0 saturated heterocycles. The van der Waals surface area contributed by atoms with E-state index in [9.17, 15) is 13.0 Å². The van der Waals surface area contributed by atoms with E-state index in [2.05, 4.69) is 14.2 Å². The quantitative estimate of drug-likeness (QED) is 0.524. The van der Waals surface area contributed by atoms with Crippen LogP contribution in [0.2, 0.25) is 0 Å². The van der Waals surface area contributed by atoms with Gasteiger partial charge in [-0.15, -0.1) is 0 Å². The smallest absolute Gasteiger partial charge is 0.229 e. The summed E-state index contributed by atoms with van der Waals surface area (Å²) in [4.78, 5) is 7.24. The zero-order valence-corrected chi connectivity index (χ0v) is 9.27. The minimum atomic E-state index is -4.41. The molecule has 0 amide bonds. The summed E-state index contributed by atoms with van der Waals surface area (Å²) in [6.07, 6.45) is 3.57. The van der Waals surface area contributed by atoms with E-state index < -0.39 is 10.4 Å². The third-order valence-corrected chi connectivity index (χ3v) is 2.04. The number of nitrogens with zero attached hydrogens (tertiary/aromatic N) is 1. The largest absolute Gasteiger partial charge is 0.726 e. The van der Waals surface area contributed by atoms with Crippen molar-refractivity contribution >= 4 is 21.4 Å². The molecule has 0 aliphatic heterocycles. The molecule has 1 heterocycles. The highest BCUT2D eigenvalue weighted by molar-refractivity contribution is 7.80. The van der Waals surface area contributed by atoms with Gasteiger partial charge in [0, 0.05) is 6.07 Å². The summed E-state index contributed by atoms with van der Waals surface area (Å²) < 4.78 is 31.0. The van der Waals surface area contributed by atoms with Gasteiger partial charge in [0.1, 0.15) is 5.52 Å². The molecule has 0 bridgehead atoms. The minimum Gasteiger partial charge on any atom is -0.726 e. The van der Waals surface area contributed by atoms with E-state index in [1.165, 1.54) is 0 Å². The first-order valence-electron chi connectivity index (χ1n) is 4.26. The van der Waals surface area contributed by atoms with Crippen LogP contribution in [0.1, 0.15) is 0 Å². The molecule has 0 spiro atoms. The number of benzene rings is 1. The Balaban J connectivity index is 0.000000187. The van der Waals surface area contributed by atoms with Crippen molar-refractivity contribution in [2.75, 3.05) is 7.11 Å². The standard InChI is InChI=1S/C8H6N2.CH4O4S/c1-2-4-8-7(3-1)9-5-6-10-8;1-5-6(2,3)4/h1-6H;1H3,(H,2,3,4). The van der Waals surface area contributed by atoms with Crippen LogP contribution in [0.15, 0.2) is 36.7 Å². The lowest BCUT2D eigenvalue weighted by atomic mass is 10.3. The van der Waals surface area contributed by atoms with E-state index >= 15 is 0 Å². The van der Waals surface area contributed by atoms with E-state index in [1.54, 1.807) is 6.20 Å². The molecule has 0 unspecified atom stereocenters. The van der Waals surface area contributed by atoms with E-state index in [0.29, 0.717) is 0 Å². The van der Waals surface area contributed by atoms with Crippen LogP contribution in [0.4, 0.5) is 0 Å². The first-order valence-corrected chi connectivity index (χ1v) is 5.59. The molecule has 86 valence electrons. The average molecular weight is 242 g/mol. The molecule has 1 aromatic carbocycles. The summed E-state index contributed by atoms with van der Waals surface area (Å²) in [7, 11) is -3.60. The summed E-state index contributed by atoms with van der Waals surface area (Å²) in [5, 5.41) is 0. The Kier molecular flexibility index (Phi) is 4.29. The molecule has 0 atom stereocenters. The highest BCUT2D eigenvalue weighted by Gasteiger charge is 1.94. The van der Waals surface area contributed by atoms with Crippen LogP contribution in [0, 0.1) is 0 Å². The Morgan fingerprint density at radius 3 is 2.56 bits per heavy atom. The Morgan fingerprint density at radius 1 is 1.38 bits per heavy atom. The Labute approximate surface area is 92.9 Å². The van der Waals surface area contributed by atoms with Crippen molar-refractivity contribution in [1.82, 2.24) is 4.98 Å². The highest BCUT2D eigenvalue weighted by atomic mass is 32.3. The number of hydrogen-bond donors (Lipinski definition) is 0. The van der Waals surface area contributed by atoms with Crippen molar-refractivity contribution in [2.24, 2.45) is 0 Å². The molecular formula is C9H10N2O4S. The molecule has 1 N–H and O–H groups in total. The molecule has 7 heteroatoms. The second kappa shape index (κ2) is 5.50. The third kappa shape index (κ3) is 4.30. The fourth-order valence-electron chi connectivity index (χ4n) is 0.953. The third-order valence-electron chi connectivity index (χ3n) is 1.64. The lowest BCUT2D eigenvalue weighted by molar-refractivity contribution is -0.345. The van der Waals surface area contributed by atoms with Crippen LogP contribution < -0.4 is 4.98 Å². The number of rotatable bonds is 1. The number of para-hydroxylation sites is 2. The summed E-state index contributed by atoms with van der Waals surface area (Å²) >= 11 is 0.